The highest BCUT2D eigenvalue weighted by atomic mass is 15.3. The highest BCUT2D eigenvalue weighted by Crippen LogP contribution is 2.19. The molecule has 0 spiro atoms. The fourth-order valence-corrected chi connectivity index (χ4v) is 1.76. The van der Waals surface area contributed by atoms with Crippen molar-refractivity contribution >= 4 is 0 Å². The Morgan fingerprint density at radius 1 is 1.40 bits per heavy atom. The lowest BCUT2D eigenvalue weighted by atomic mass is 10.0. The molecule has 0 amide bonds. The fourth-order valence-electron chi connectivity index (χ4n) is 1.76. The molecular weight excluding hydrogens is 188 g/mol. The lowest BCUT2D eigenvalue weighted by molar-refractivity contribution is 0.524. The molecule has 0 bridgehead atoms. The highest BCUT2D eigenvalue weighted by molar-refractivity contribution is 4.94. The van der Waals surface area contributed by atoms with Crippen LogP contribution in [0.1, 0.15) is 51.8 Å². The minimum atomic E-state index is 0.307. The summed E-state index contributed by atoms with van der Waals surface area (Å²) in [5.41, 5.74) is 5.72. The van der Waals surface area contributed by atoms with Gasteiger partial charge in [-0.1, -0.05) is 13.3 Å². The minimum Gasteiger partial charge on any atom is -0.328 e. The van der Waals surface area contributed by atoms with Gasteiger partial charge in [0.2, 0.25) is 0 Å². The quantitative estimate of drug-likeness (QED) is 0.780. The molecule has 0 aromatic carbocycles. The van der Waals surface area contributed by atoms with Gasteiger partial charge in [0.15, 0.2) is 0 Å². The summed E-state index contributed by atoms with van der Waals surface area (Å²) in [6, 6.07) is 0.307. The van der Waals surface area contributed by atoms with E-state index in [1.165, 1.54) is 0 Å². The Kier molecular flexibility index (Phi) is 4.75. The third kappa shape index (κ3) is 3.63. The summed E-state index contributed by atoms with van der Waals surface area (Å²) in [6.45, 7) is 7.32. The van der Waals surface area contributed by atoms with E-state index in [-0.39, 0.29) is 0 Å². The van der Waals surface area contributed by atoms with Crippen LogP contribution in [0.5, 0.6) is 0 Å². The van der Waals surface area contributed by atoms with Gasteiger partial charge < -0.3 is 10.3 Å². The lowest BCUT2D eigenvalue weighted by Gasteiger charge is -2.12. The summed E-state index contributed by atoms with van der Waals surface area (Å²) in [7, 11) is 0. The number of rotatable bonds is 6. The van der Waals surface area contributed by atoms with Gasteiger partial charge in [-0.05, 0) is 26.7 Å². The van der Waals surface area contributed by atoms with E-state index in [9.17, 15) is 0 Å². The van der Waals surface area contributed by atoms with Crippen molar-refractivity contribution in [2.75, 3.05) is 0 Å². The van der Waals surface area contributed by atoms with Crippen LogP contribution in [0.4, 0.5) is 0 Å². The number of nitrogens with two attached hydrogens (primary N) is 1. The molecule has 0 saturated carbocycles. The van der Waals surface area contributed by atoms with E-state index in [2.05, 4.69) is 35.5 Å². The number of hydrogen-bond donors (Lipinski definition) is 1. The van der Waals surface area contributed by atoms with Crippen molar-refractivity contribution in [1.29, 1.82) is 0 Å². The number of nitrogens with zero attached hydrogens (tertiary/aromatic N) is 3. The van der Waals surface area contributed by atoms with E-state index in [1.807, 2.05) is 0 Å². The van der Waals surface area contributed by atoms with Crippen LogP contribution in [0.25, 0.3) is 0 Å². The Labute approximate surface area is 91.9 Å². The summed E-state index contributed by atoms with van der Waals surface area (Å²) in [5, 5.41) is 8.11. The Balaban J connectivity index is 2.43. The summed E-state index contributed by atoms with van der Waals surface area (Å²) in [5.74, 6) is 1.58. The van der Waals surface area contributed by atoms with Gasteiger partial charge in [-0.25, -0.2) is 0 Å². The van der Waals surface area contributed by atoms with Crippen molar-refractivity contribution in [2.45, 2.75) is 58.5 Å². The maximum absolute atomic E-state index is 5.72. The van der Waals surface area contributed by atoms with E-state index in [0.29, 0.717) is 12.0 Å². The molecule has 86 valence electrons. The van der Waals surface area contributed by atoms with E-state index in [4.69, 9.17) is 5.73 Å². The van der Waals surface area contributed by atoms with Gasteiger partial charge in [0.1, 0.15) is 12.2 Å². The summed E-state index contributed by atoms with van der Waals surface area (Å²) >= 11 is 0. The maximum Gasteiger partial charge on any atom is 0.135 e. The second-order valence-electron chi connectivity index (χ2n) is 4.28. The molecule has 1 aromatic heterocycles. The van der Waals surface area contributed by atoms with Crippen molar-refractivity contribution in [3.63, 3.8) is 0 Å². The first-order valence-corrected chi connectivity index (χ1v) is 5.78. The lowest BCUT2D eigenvalue weighted by Crippen LogP contribution is -2.14. The van der Waals surface area contributed by atoms with Crippen LogP contribution in [0, 0.1) is 0 Å². The normalized spacial score (nSPS) is 15.2. The average Bonchev–Trinajstić information content (AvgIpc) is 2.64. The van der Waals surface area contributed by atoms with Crippen LogP contribution in [0.3, 0.4) is 0 Å². The van der Waals surface area contributed by atoms with Crippen molar-refractivity contribution in [3.05, 3.63) is 12.2 Å². The zero-order valence-electron chi connectivity index (χ0n) is 9.98. The van der Waals surface area contributed by atoms with E-state index in [1.54, 1.807) is 6.33 Å². The molecule has 1 aromatic rings. The molecule has 15 heavy (non-hydrogen) atoms. The Morgan fingerprint density at radius 2 is 2.13 bits per heavy atom. The van der Waals surface area contributed by atoms with Crippen LogP contribution in [-0.2, 0) is 6.54 Å². The van der Waals surface area contributed by atoms with Crippen LogP contribution >= 0.6 is 0 Å². The molecule has 0 aliphatic heterocycles. The second kappa shape index (κ2) is 5.85. The third-order valence-electron chi connectivity index (χ3n) is 2.72. The van der Waals surface area contributed by atoms with E-state index in [0.717, 1.165) is 31.6 Å². The minimum absolute atomic E-state index is 0.307. The van der Waals surface area contributed by atoms with Gasteiger partial charge in [0.05, 0.1) is 0 Å². The predicted octanol–water partition coefficient (Wildman–Crippen LogP) is 1.92. The number of hydrogen-bond acceptors (Lipinski definition) is 3. The van der Waals surface area contributed by atoms with E-state index < -0.39 is 0 Å². The van der Waals surface area contributed by atoms with Crippen LogP contribution in [0.2, 0.25) is 0 Å². The van der Waals surface area contributed by atoms with Gasteiger partial charge >= 0.3 is 0 Å². The Morgan fingerprint density at radius 3 is 2.73 bits per heavy atom. The van der Waals surface area contributed by atoms with E-state index >= 15 is 0 Å². The predicted molar refractivity (Wildman–Crippen MR) is 61.6 cm³/mol. The van der Waals surface area contributed by atoms with Gasteiger partial charge in [-0.2, -0.15) is 0 Å². The maximum atomic E-state index is 5.72. The molecule has 0 saturated heterocycles. The molecule has 0 aliphatic rings. The zero-order chi connectivity index (χ0) is 11.3. The van der Waals surface area contributed by atoms with Crippen molar-refractivity contribution in [3.8, 4) is 0 Å². The molecule has 2 atom stereocenters. The molecular formula is C11H22N4. The van der Waals surface area contributed by atoms with Gasteiger partial charge in [-0.15, -0.1) is 10.2 Å². The topological polar surface area (TPSA) is 56.7 Å². The van der Waals surface area contributed by atoms with Crippen LogP contribution < -0.4 is 5.73 Å². The van der Waals surface area contributed by atoms with Gasteiger partial charge in [-0.3, -0.25) is 0 Å². The zero-order valence-corrected chi connectivity index (χ0v) is 9.98. The monoisotopic (exact) mass is 210 g/mol. The van der Waals surface area contributed by atoms with Gasteiger partial charge in [0, 0.05) is 18.5 Å². The van der Waals surface area contributed by atoms with Crippen molar-refractivity contribution < 1.29 is 0 Å². The Bertz CT molecular complexity index is 280. The molecule has 0 aliphatic carbocycles. The first-order valence-electron chi connectivity index (χ1n) is 5.78. The van der Waals surface area contributed by atoms with Crippen LogP contribution in [0.15, 0.2) is 6.33 Å². The number of aromatic nitrogens is 3. The molecule has 4 heteroatoms. The molecule has 1 heterocycles. The SMILES string of the molecule is CCn1cnnc1C(C)CCCC(C)N. The largest absolute Gasteiger partial charge is 0.328 e. The number of aryl methyl sites for hydroxylation is 1. The second-order valence-corrected chi connectivity index (χ2v) is 4.28. The van der Waals surface area contributed by atoms with Crippen molar-refractivity contribution in [1.82, 2.24) is 14.8 Å². The smallest absolute Gasteiger partial charge is 0.135 e. The first-order chi connectivity index (χ1) is 7.15. The van der Waals surface area contributed by atoms with Crippen molar-refractivity contribution in [2.24, 2.45) is 5.73 Å². The Hall–Kier alpha value is -0.900. The molecule has 2 unspecified atom stereocenters. The fraction of sp³-hybridized carbons (Fsp3) is 0.818. The average molecular weight is 210 g/mol. The summed E-state index contributed by atoms with van der Waals surface area (Å²) < 4.78 is 2.11. The highest BCUT2D eigenvalue weighted by Gasteiger charge is 2.12. The standard InChI is InChI=1S/C11H22N4/c1-4-15-8-13-14-11(15)9(2)6-5-7-10(3)12/h8-10H,4-7,12H2,1-3H3. The first kappa shape index (κ1) is 12.2. The molecule has 1 rings (SSSR count). The molecule has 0 fully saturated rings. The molecule has 0 radical (unpaired) electrons. The molecule has 4 nitrogen and oxygen atoms in total. The van der Waals surface area contributed by atoms with Gasteiger partial charge in [0.25, 0.3) is 0 Å². The summed E-state index contributed by atoms with van der Waals surface area (Å²) in [4.78, 5) is 0. The third-order valence-corrected chi connectivity index (χ3v) is 2.72. The molecule has 2 N–H and O–H groups in total. The van der Waals surface area contributed by atoms with Crippen LogP contribution in [-0.4, -0.2) is 20.8 Å². The summed E-state index contributed by atoms with van der Waals surface area (Å²) in [6.07, 6.45) is 5.19.